The van der Waals surface area contributed by atoms with Gasteiger partial charge in [0.05, 0.1) is 0 Å². The fourth-order valence-electron chi connectivity index (χ4n) is 2.62. The molecule has 2 heteroatoms. The van der Waals surface area contributed by atoms with Crippen molar-refractivity contribution in [3.05, 3.63) is 0 Å². The topological polar surface area (TPSA) is 15.3 Å². The van der Waals surface area contributed by atoms with E-state index in [0.717, 1.165) is 6.04 Å². The van der Waals surface area contributed by atoms with Crippen molar-refractivity contribution in [3.8, 4) is 0 Å². The molecule has 0 aromatic rings. The SMILES string of the molecule is CCN(CC1(C)CCNCC1)C1CC1. The predicted octanol–water partition coefficient (Wildman–Crippen LogP) is 1.86. The monoisotopic (exact) mass is 196 g/mol. The van der Waals surface area contributed by atoms with Crippen LogP contribution >= 0.6 is 0 Å². The molecule has 2 nitrogen and oxygen atoms in total. The normalized spacial score (nSPS) is 26.8. The quantitative estimate of drug-likeness (QED) is 0.738. The second kappa shape index (κ2) is 4.19. The number of rotatable bonds is 4. The van der Waals surface area contributed by atoms with Gasteiger partial charge < -0.3 is 10.2 Å². The molecule has 0 aromatic heterocycles. The number of hydrogen-bond donors (Lipinski definition) is 1. The van der Waals surface area contributed by atoms with E-state index in [1.165, 1.54) is 51.9 Å². The maximum atomic E-state index is 3.46. The molecule has 2 fully saturated rings. The second-order valence-corrected chi connectivity index (χ2v) is 5.35. The van der Waals surface area contributed by atoms with Crippen molar-refractivity contribution in [1.82, 2.24) is 10.2 Å². The second-order valence-electron chi connectivity index (χ2n) is 5.35. The first kappa shape index (κ1) is 10.4. The molecular weight excluding hydrogens is 172 g/mol. The molecule has 0 radical (unpaired) electrons. The minimum absolute atomic E-state index is 0.587. The molecule has 1 saturated carbocycles. The van der Waals surface area contributed by atoms with Crippen LogP contribution in [-0.2, 0) is 0 Å². The van der Waals surface area contributed by atoms with Crippen molar-refractivity contribution >= 4 is 0 Å². The molecule has 0 bridgehead atoms. The smallest absolute Gasteiger partial charge is 0.00965 e. The summed E-state index contributed by atoms with van der Waals surface area (Å²) in [6.45, 7) is 9.79. The third kappa shape index (κ3) is 2.48. The summed E-state index contributed by atoms with van der Waals surface area (Å²) in [5.41, 5.74) is 0.587. The van der Waals surface area contributed by atoms with Gasteiger partial charge in [0.15, 0.2) is 0 Å². The Bertz CT molecular complexity index is 181. The molecule has 0 spiro atoms. The number of piperidine rings is 1. The summed E-state index contributed by atoms with van der Waals surface area (Å²) in [7, 11) is 0. The molecule has 1 aliphatic carbocycles. The van der Waals surface area contributed by atoms with Gasteiger partial charge in [-0.05, 0) is 50.7 Å². The Balaban J connectivity index is 1.86. The summed E-state index contributed by atoms with van der Waals surface area (Å²) in [5.74, 6) is 0. The van der Waals surface area contributed by atoms with Crippen LogP contribution in [0.3, 0.4) is 0 Å². The van der Waals surface area contributed by atoms with Crippen LogP contribution in [0, 0.1) is 5.41 Å². The molecular formula is C12H24N2. The molecule has 1 aliphatic heterocycles. The van der Waals surface area contributed by atoms with Crippen LogP contribution in [0.25, 0.3) is 0 Å². The zero-order valence-corrected chi connectivity index (χ0v) is 9.68. The largest absolute Gasteiger partial charge is 0.317 e. The Morgan fingerprint density at radius 2 is 1.93 bits per heavy atom. The van der Waals surface area contributed by atoms with Crippen molar-refractivity contribution in [3.63, 3.8) is 0 Å². The summed E-state index contributed by atoms with van der Waals surface area (Å²) in [5, 5.41) is 3.46. The molecule has 0 aromatic carbocycles. The Hall–Kier alpha value is -0.0800. The lowest BCUT2D eigenvalue weighted by Gasteiger charge is -2.38. The van der Waals surface area contributed by atoms with E-state index >= 15 is 0 Å². The van der Waals surface area contributed by atoms with E-state index in [9.17, 15) is 0 Å². The minimum atomic E-state index is 0.587. The molecule has 1 heterocycles. The molecule has 14 heavy (non-hydrogen) atoms. The van der Waals surface area contributed by atoms with E-state index < -0.39 is 0 Å². The van der Waals surface area contributed by atoms with Crippen LogP contribution in [0.4, 0.5) is 0 Å². The highest BCUT2D eigenvalue weighted by Gasteiger charge is 2.34. The van der Waals surface area contributed by atoms with Crippen LogP contribution < -0.4 is 5.32 Å². The van der Waals surface area contributed by atoms with Gasteiger partial charge in [0.2, 0.25) is 0 Å². The Morgan fingerprint density at radius 1 is 1.29 bits per heavy atom. The minimum Gasteiger partial charge on any atom is -0.317 e. The standard InChI is InChI=1S/C12H24N2/c1-3-14(11-4-5-11)10-12(2)6-8-13-9-7-12/h11,13H,3-10H2,1-2H3. The van der Waals surface area contributed by atoms with Gasteiger partial charge in [0.25, 0.3) is 0 Å². The Labute approximate surface area is 88.1 Å². The molecule has 0 atom stereocenters. The fourth-order valence-corrected chi connectivity index (χ4v) is 2.62. The lowest BCUT2D eigenvalue weighted by atomic mass is 9.80. The van der Waals surface area contributed by atoms with Crippen LogP contribution in [0.5, 0.6) is 0 Å². The van der Waals surface area contributed by atoms with Crippen LogP contribution in [0.2, 0.25) is 0 Å². The highest BCUT2D eigenvalue weighted by Crippen LogP contribution is 2.34. The highest BCUT2D eigenvalue weighted by molar-refractivity contribution is 4.90. The van der Waals surface area contributed by atoms with E-state index in [2.05, 4.69) is 24.1 Å². The van der Waals surface area contributed by atoms with E-state index in [1.54, 1.807) is 0 Å². The first-order chi connectivity index (χ1) is 6.73. The maximum Gasteiger partial charge on any atom is 0.00965 e. The van der Waals surface area contributed by atoms with Gasteiger partial charge in [-0.1, -0.05) is 13.8 Å². The molecule has 0 unspecified atom stereocenters. The average Bonchev–Trinajstić information content (AvgIpc) is 2.99. The Kier molecular flexibility index (Phi) is 3.13. The zero-order chi connectivity index (χ0) is 10.0. The van der Waals surface area contributed by atoms with Gasteiger partial charge in [-0.3, -0.25) is 0 Å². The third-order valence-electron chi connectivity index (χ3n) is 3.86. The van der Waals surface area contributed by atoms with Crippen LogP contribution in [0.15, 0.2) is 0 Å². The van der Waals surface area contributed by atoms with Gasteiger partial charge in [-0.25, -0.2) is 0 Å². The predicted molar refractivity (Wildman–Crippen MR) is 60.5 cm³/mol. The lowest BCUT2D eigenvalue weighted by Crippen LogP contribution is -2.43. The van der Waals surface area contributed by atoms with Gasteiger partial charge in [-0.15, -0.1) is 0 Å². The molecule has 2 aliphatic rings. The first-order valence-corrected chi connectivity index (χ1v) is 6.18. The average molecular weight is 196 g/mol. The lowest BCUT2D eigenvalue weighted by molar-refractivity contribution is 0.127. The van der Waals surface area contributed by atoms with Crippen LogP contribution in [0.1, 0.15) is 39.5 Å². The molecule has 82 valence electrons. The van der Waals surface area contributed by atoms with Gasteiger partial charge in [-0.2, -0.15) is 0 Å². The number of nitrogens with zero attached hydrogens (tertiary/aromatic N) is 1. The van der Waals surface area contributed by atoms with Gasteiger partial charge >= 0.3 is 0 Å². The molecule has 1 saturated heterocycles. The third-order valence-corrected chi connectivity index (χ3v) is 3.86. The van der Waals surface area contributed by atoms with Gasteiger partial charge in [0.1, 0.15) is 0 Å². The van der Waals surface area contributed by atoms with E-state index in [-0.39, 0.29) is 0 Å². The number of nitrogens with one attached hydrogen (secondary N) is 1. The summed E-state index contributed by atoms with van der Waals surface area (Å²) < 4.78 is 0. The van der Waals surface area contributed by atoms with Crippen LogP contribution in [-0.4, -0.2) is 37.1 Å². The van der Waals surface area contributed by atoms with Gasteiger partial charge in [0, 0.05) is 12.6 Å². The van der Waals surface area contributed by atoms with Crippen molar-refractivity contribution in [1.29, 1.82) is 0 Å². The first-order valence-electron chi connectivity index (χ1n) is 6.18. The molecule has 1 N–H and O–H groups in total. The van der Waals surface area contributed by atoms with Crippen molar-refractivity contribution in [2.45, 2.75) is 45.6 Å². The van der Waals surface area contributed by atoms with E-state index in [0.29, 0.717) is 5.41 Å². The molecule has 0 amide bonds. The summed E-state index contributed by atoms with van der Waals surface area (Å²) in [6, 6.07) is 0.937. The maximum absolute atomic E-state index is 3.46. The van der Waals surface area contributed by atoms with Crippen molar-refractivity contribution < 1.29 is 0 Å². The van der Waals surface area contributed by atoms with E-state index in [4.69, 9.17) is 0 Å². The van der Waals surface area contributed by atoms with E-state index in [1.807, 2.05) is 0 Å². The summed E-state index contributed by atoms with van der Waals surface area (Å²) in [4.78, 5) is 2.70. The fraction of sp³-hybridized carbons (Fsp3) is 1.00. The zero-order valence-electron chi connectivity index (χ0n) is 9.68. The summed E-state index contributed by atoms with van der Waals surface area (Å²) >= 11 is 0. The highest BCUT2D eigenvalue weighted by atomic mass is 15.2. The summed E-state index contributed by atoms with van der Waals surface area (Å²) in [6.07, 6.45) is 5.61. The van der Waals surface area contributed by atoms with Crippen molar-refractivity contribution in [2.24, 2.45) is 5.41 Å². The Morgan fingerprint density at radius 3 is 2.43 bits per heavy atom. The van der Waals surface area contributed by atoms with Crippen molar-refractivity contribution in [2.75, 3.05) is 26.2 Å². The molecule has 2 rings (SSSR count). The number of hydrogen-bond acceptors (Lipinski definition) is 2.